The zero-order chi connectivity index (χ0) is 11.3. The topological polar surface area (TPSA) is 44.5 Å². The van der Waals surface area contributed by atoms with E-state index >= 15 is 0 Å². The second kappa shape index (κ2) is 6.10. The molecule has 0 radical (unpaired) electrons. The van der Waals surface area contributed by atoms with Gasteiger partial charge >= 0.3 is 0 Å². The molecule has 0 amide bonds. The Hall–Kier alpha value is -0.580. The van der Waals surface area contributed by atoms with E-state index in [0.717, 1.165) is 15.8 Å². The maximum Gasteiger partial charge on any atom is 0.124 e. The Kier molecular flexibility index (Phi) is 5.08. The van der Waals surface area contributed by atoms with Crippen LogP contribution in [0, 0.1) is 0 Å². The number of ether oxygens (including phenoxy) is 2. The first kappa shape index (κ1) is 12.5. The quantitative estimate of drug-likeness (QED) is 0.839. The lowest BCUT2D eigenvalue weighted by Gasteiger charge is -2.14. The number of halogens is 1. The fourth-order valence-corrected chi connectivity index (χ4v) is 1.62. The molecule has 0 aromatic heterocycles. The molecule has 0 heterocycles. The first-order valence-corrected chi connectivity index (χ1v) is 5.61. The van der Waals surface area contributed by atoms with Crippen molar-refractivity contribution in [3.63, 3.8) is 0 Å². The predicted molar refractivity (Wildman–Crippen MR) is 64.1 cm³/mol. The molecule has 0 aliphatic rings. The minimum absolute atomic E-state index is 0.0416. The van der Waals surface area contributed by atoms with E-state index in [1.807, 2.05) is 25.1 Å². The van der Waals surface area contributed by atoms with Crippen LogP contribution in [-0.2, 0) is 4.74 Å². The molecule has 15 heavy (non-hydrogen) atoms. The molecule has 0 saturated heterocycles. The van der Waals surface area contributed by atoms with Crippen LogP contribution < -0.4 is 10.5 Å². The molecule has 0 fully saturated rings. The molecule has 2 N–H and O–H groups in total. The Bertz CT molecular complexity index is 315. The molecule has 3 nitrogen and oxygen atoms in total. The lowest BCUT2D eigenvalue weighted by Crippen LogP contribution is -2.10. The second-order valence-electron chi connectivity index (χ2n) is 3.31. The molecule has 0 bridgehead atoms. The third-order valence-electron chi connectivity index (χ3n) is 2.01. The molecular formula is C11H16BrNO2. The van der Waals surface area contributed by atoms with Gasteiger partial charge in [0.25, 0.3) is 0 Å². The van der Waals surface area contributed by atoms with Crippen LogP contribution in [0.15, 0.2) is 22.7 Å². The van der Waals surface area contributed by atoms with Gasteiger partial charge in [-0.1, -0.05) is 15.9 Å². The minimum Gasteiger partial charge on any atom is -0.491 e. The number of benzene rings is 1. The molecule has 0 saturated carbocycles. The SMILES string of the molecule is COCCOc1ccc(Br)cc1C(C)N. The van der Waals surface area contributed by atoms with Gasteiger partial charge in [-0.3, -0.25) is 0 Å². The molecule has 0 aliphatic carbocycles. The molecule has 1 atom stereocenters. The lowest BCUT2D eigenvalue weighted by molar-refractivity contribution is 0.145. The van der Waals surface area contributed by atoms with Gasteiger partial charge < -0.3 is 15.2 Å². The van der Waals surface area contributed by atoms with E-state index in [1.54, 1.807) is 7.11 Å². The molecule has 1 aromatic rings. The predicted octanol–water partition coefficient (Wildman–Crippen LogP) is 2.49. The van der Waals surface area contributed by atoms with Gasteiger partial charge in [-0.05, 0) is 25.1 Å². The van der Waals surface area contributed by atoms with Gasteiger partial charge in [-0.2, -0.15) is 0 Å². The van der Waals surface area contributed by atoms with Crippen LogP contribution in [0.25, 0.3) is 0 Å². The van der Waals surface area contributed by atoms with Crippen LogP contribution in [0.3, 0.4) is 0 Å². The maximum atomic E-state index is 5.86. The van der Waals surface area contributed by atoms with Crippen molar-refractivity contribution in [1.29, 1.82) is 0 Å². The van der Waals surface area contributed by atoms with E-state index in [1.165, 1.54) is 0 Å². The average molecular weight is 274 g/mol. The normalized spacial score (nSPS) is 12.5. The van der Waals surface area contributed by atoms with Gasteiger partial charge in [0.2, 0.25) is 0 Å². The molecule has 4 heteroatoms. The highest BCUT2D eigenvalue weighted by molar-refractivity contribution is 9.10. The first-order chi connectivity index (χ1) is 7.15. The van der Waals surface area contributed by atoms with E-state index in [9.17, 15) is 0 Å². The van der Waals surface area contributed by atoms with E-state index in [0.29, 0.717) is 13.2 Å². The summed E-state index contributed by atoms with van der Waals surface area (Å²) in [6.07, 6.45) is 0. The second-order valence-corrected chi connectivity index (χ2v) is 4.23. The third kappa shape index (κ3) is 3.81. The van der Waals surface area contributed by atoms with Crippen molar-refractivity contribution in [1.82, 2.24) is 0 Å². The van der Waals surface area contributed by atoms with E-state index < -0.39 is 0 Å². The standard InChI is InChI=1S/C11H16BrNO2/c1-8(13)10-7-9(12)3-4-11(10)15-6-5-14-2/h3-4,7-8H,5-6,13H2,1-2H3. The summed E-state index contributed by atoms with van der Waals surface area (Å²) >= 11 is 3.41. The van der Waals surface area contributed by atoms with Crippen LogP contribution in [0.2, 0.25) is 0 Å². The number of hydrogen-bond donors (Lipinski definition) is 1. The van der Waals surface area contributed by atoms with Gasteiger partial charge in [0.05, 0.1) is 6.61 Å². The summed E-state index contributed by atoms with van der Waals surface area (Å²) in [7, 11) is 1.65. The van der Waals surface area contributed by atoms with Crippen molar-refractivity contribution in [2.45, 2.75) is 13.0 Å². The van der Waals surface area contributed by atoms with E-state index in [-0.39, 0.29) is 6.04 Å². The molecule has 0 aliphatic heterocycles. The smallest absolute Gasteiger partial charge is 0.124 e. The fraction of sp³-hybridized carbons (Fsp3) is 0.455. The lowest BCUT2D eigenvalue weighted by atomic mass is 10.1. The molecule has 84 valence electrons. The van der Waals surface area contributed by atoms with Crippen molar-refractivity contribution in [3.8, 4) is 5.75 Å². The van der Waals surface area contributed by atoms with Crippen molar-refractivity contribution >= 4 is 15.9 Å². The maximum absolute atomic E-state index is 5.86. The molecule has 1 aromatic carbocycles. The number of hydrogen-bond acceptors (Lipinski definition) is 3. The average Bonchev–Trinajstić information content (AvgIpc) is 2.20. The molecule has 1 unspecified atom stereocenters. The Morgan fingerprint density at radius 2 is 2.13 bits per heavy atom. The molecular weight excluding hydrogens is 258 g/mol. The monoisotopic (exact) mass is 273 g/mol. The number of methoxy groups -OCH3 is 1. The van der Waals surface area contributed by atoms with Gasteiger partial charge in [-0.15, -0.1) is 0 Å². The summed E-state index contributed by atoms with van der Waals surface area (Å²) in [5.74, 6) is 0.824. The van der Waals surface area contributed by atoms with E-state index in [4.69, 9.17) is 15.2 Å². The highest BCUT2D eigenvalue weighted by Gasteiger charge is 2.08. The van der Waals surface area contributed by atoms with Crippen LogP contribution in [0.5, 0.6) is 5.75 Å². The first-order valence-electron chi connectivity index (χ1n) is 4.82. The van der Waals surface area contributed by atoms with Crippen molar-refractivity contribution in [2.75, 3.05) is 20.3 Å². The van der Waals surface area contributed by atoms with Crippen LogP contribution >= 0.6 is 15.9 Å². The van der Waals surface area contributed by atoms with Gasteiger partial charge in [0, 0.05) is 23.2 Å². The minimum atomic E-state index is -0.0416. The Balaban J connectivity index is 2.77. The Morgan fingerprint density at radius 1 is 1.40 bits per heavy atom. The Labute approximate surface area is 98.7 Å². The largest absolute Gasteiger partial charge is 0.491 e. The van der Waals surface area contributed by atoms with Crippen LogP contribution in [0.4, 0.5) is 0 Å². The zero-order valence-electron chi connectivity index (χ0n) is 9.00. The number of nitrogens with two attached hydrogens (primary N) is 1. The summed E-state index contributed by atoms with van der Waals surface area (Å²) in [5.41, 5.74) is 6.86. The van der Waals surface area contributed by atoms with Crippen molar-refractivity contribution < 1.29 is 9.47 Å². The Morgan fingerprint density at radius 3 is 2.73 bits per heavy atom. The summed E-state index contributed by atoms with van der Waals surface area (Å²) in [4.78, 5) is 0. The van der Waals surface area contributed by atoms with Gasteiger partial charge in [-0.25, -0.2) is 0 Å². The summed E-state index contributed by atoms with van der Waals surface area (Å²) in [6.45, 7) is 3.05. The van der Waals surface area contributed by atoms with Crippen molar-refractivity contribution in [2.24, 2.45) is 5.73 Å². The van der Waals surface area contributed by atoms with E-state index in [2.05, 4.69) is 15.9 Å². The van der Waals surface area contributed by atoms with Crippen LogP contribution in [0.1, 0.15) is 18.5 Å². The highest BCUT2D eigenvalue weighted by Crippen LogP contribution is 2.27. The summed E-state index contributed by atoms with van der Waals surface area (Å²) in [5, 5.41) is 0. The molecule has 1 rings (SSSR count). The van der Waals surface area contributed by atoms with Crippen molar-refractivity contribution in [3.05, 3.63) is 28.2 Å². The highest BCUT2D eigenvalue weighted by atomic mass is 79.9. The van der Waals surface area contributed by atoms with Gasteiger partial charge in [0.15, 0.2) is 0 Å². The summed E-state index contributed by atoms with van der Waals surface area (Å²) < 4.78 is 11.5. The van der Waals surface area contributed by atoms with Gasteiger partial charge in [0.1, 0.15) is 12.4 Å². The van der Waals surface area contributed by atoms with Crippen LogP contribution in [-0.4, -0.2) is 20.3 Å². The number of rotatable bonds is 5. The zero-order valence-corrected chi connectivity index (χ0v) is 10.6. The third-order valence-corrected chi connectivity index (χ3v) is 2.50. The molecule has 0 spiro atoms. The summed E-state index contributed by atoms with van der Waals surface area (Å²) in [6, 6.07) is 5.79. The fourth-order valence-electron chi connectivity index (χ4n) is 1.24.